The van der Waals surface area contributed by atoms with Gasteiger partial charge in [0.15, 0.2) is 18.3 Å². The van der Waals surface area contributed by atoms with Crippen LogP contribution >= 0.6 is 0 Å². The van der Waals surface area contributed by atoms with Crippen molar-refractivity contribution in [1.29, 1.82) is 0 Å². The summed E-state index contributed by atoms with van der Waals surface area (Å²) in [6.07, 6.45) is 3.52. The summed E-state index contributed by atoms with van der Waals surface area (Å²) < 4.78 is 18.2. The highest BCUT2D eigenvalue weighted by Crippen LogP contribution is 2.48. The first kappa shape index (κ1) is 49.3. The molecule has 12 rings (SSSR count). The van der Waals surface area contributed by atoms with E-state index in [0.29, 0.717) is 24.9 Å². The SMILES string of the molecule is C.CC1=C[C@]2(C)O[C@@H]3C(=O)N(Cc4ccccc4)C(=O)[C@@H]3[C@@H]2N=C1.C[C@@H]1CN[C@H]2[C@H]3C(=O)N(Cc4ccccc4)C(=O)[C@H]3O[C@@]2(C)C1.C[C@H]1CN[C@H]2[C@H]3C(=O)N(Cc4ccccc4)C(=O)[C@H]3O[C@@]2(C)C1. The standard InChI is InChI=1S/2C18H22N2O3.C18H18N2O3.CH4/c3*1-11-8-18(2)15(19-9-11)13-14(23-18)17(22)20(16(13)21)10-12-6-4-3-5-7-12;/h2*3-7,11,13-15,19H,8-10H2,1-2H3;3-9,13-15H,10H2,1-2H3;1H4/t11-,13+,14+,15+,18+;11-,13-,14-,15-,18-;13-,14-,15-,18-;/m100./s1. The number of fused-ring (bicyclic) bond motifs is 9. The van der Waals surface area contributed by atoms with E-state index in [-0.39, 0.29) is 79.4 Å². The number of hydrogen-bond donors (Lipinski definition) is 2. The topological polar surface area (TPSA) is 176 Å². The van der Waals surface area contributed by atoms with Gasteiger partial charge >= 0.3 is 0 Å². The molecule has 0 unspecified atom stereocenters. The van der Waals surface area contributed by atoms with Crippen molar-refractivity contribution in [2.75, 3.05) is 13.1 Å². The third-order valence-corrected chi connectivity index (χ3v) is 15.7. The summed E-state index contributed by atoms with van der Waals surface area (Å²) in [5.41, 5.74) is 2.33. The van der Waals surface area contributed by atoms with Gasteiger partial charge in [0, 0.05) is 6.21 Å². The number of dihydropyridines is 1. The van der Waals surface area contributed by atoms with E-state index in [4.69, 9.17) is 14.2 Å². The monoisotopic (exact) mass is 954 g/mol. The number of ether oxygens (including phenoxy) is 3. The van der Waals surface area contributed by atoms with Gasteiger partial charge in [-0.1, -0.05) is 112 Å². The van der Waals surface area contributed by atoms with E-state index in [2.05, 4.69) is 29.5 Å². The molecule has 8 saturated heterocycles. The molecule has 9 aliphatic rings. The highest BCUT2D eigenvalue weighted by molar-refractivity contribution is 6.09. The fourth-order valence-corrected chi connectivity index (χ4v) is 12.7. The number of carbonyl (C=O) groups is 6. The second-order valence-corrected chi connectivity index (χ2v) is 21.2. The van der Waals surface area contributed by atoms with E-state index < -0.39 is 41.0 Å². The average molecular weight is 955 g/mol. The van der Waals surface area contributed by atoms with Crippen LogP contribution in [0.1, 0.15) is 78.5 Å². The summed E-state index contributed by atoms with van der Waals surface area (Å²) in [5, 5.41) is 6.91. The van der Waals surface area contributed by atoms with Crippen molar-refractivity contribution in [2.24, 2.45) is 34.6 Å². The third-order valence-electron chi connectivity index (χ3n) is 15.7. The van der Waals surface area contributed by atoms with Crippen molar-refractivity contribution in [3.05, 3.63) is 119 Å². The second-order valence-electron chi connectivity index (χ2n) is 21.2. The zero-order valence-electron chi connectivity index (χ0n) is 40.1. The van der Waals surface area contributed by atoms with Crippen LogP contribution in [0.4, 0.5) is 0 Å². The molecule has 15 heteroatoms. The highest BCUT2D eigenvalue weighted by Gasteiger charge is 2.66. The number of amides is 6. The van der Waals surface area contributed by atoms with E-state index in [1.54, 1.807) is 6.21 Å². The molecule has 370 valence electrons. The Morgan fingerprint density at radius 2 is 0.900 bits per heavy atom. The number of piperidine rings is 2. The Hall–Kier alpha value is -5.71. The first-order valence-corrected chi connectivity index (χ1v) is 24.4. The molecule has 15 nitrogen and oxygen atoms in total. The van der Waals surface area contributed by atoms with Crippen LogP contribution in [0, 0.1) is 29.6 Å². The van der Waals surface area contributed by atoms with Crippen LogP contribution in [0.15, 0.2) is 108 Å². The van der Waals surface area contributed by atoms with Gasteiger partial charge in [-0.05, 0) is 93.8 Å². The summed E-state index contributed by atoms with van der Waals surface area (Å²) in [4.78, 5) is 85.2. The van der Waals surface area contributed by atoms with Gasteiger partial charge in [-0.3, -0.25) is 48.5 Å². The van der Waals surface area contributed by atoms with Crippen LogP contribution in [0.3, 0.4) is 0 Å². The molecule has 0 radical (unpaired) electrons. The smallest absolute Gasteiger partial charge is 0.259 e. The predicted octanol–water partition coefficient (Wildman–Crippen LogP) is 5.02. The van der Waals surface area contributed by atoms with Gasteiger partial charge in [-0.15, -0.1) is 0 Å². The molecule has 0 bridgehead atoms. The number of nitrogens with one attached hydrogen (secondary N) is 2. The van der Waals surface area contributed by atoms with Gasteiger partial charge in [-0.2, -0.15) is 0 Å². The maximum atomic E-state index is 12.9. The van der Waals surface area contributed by atoms with Gasteiger partial charge in [0.2, 0.25) is 17.7 Å². The van der Waals surface area contributed by atoms with E-state index >= 15 is 0 Å². The van der Waals surface area contributed by atoms with Gasteiger partial charge in [-0.25, -0.2) is 0 Å². The van der Waals surface area contributed by atoms with Crippen LogP contribution < -0.4 is 10.6 Å². The lowest BCUT2D eigenvalue weighted by Crippen LogP contribution is -2.57. The average Bonchev–Trinajstić information content (AvgIpc) is 4.08. The lowest BCUT2D eigenvalue weighted by molar-refractivity contribution is -0.151. The number of imide groups is 3. The summed E-state index contributed by atoms with van der Waals surface area (Å²) >= 11 is 0. The summed E-state index contributed by atoms with van der Waals surface area (Å²) in [7, 11) is 0. The zero-order chi connectivity index (χ0) is 48.6. The third kappa shape index (κ3) is 8.56. The Bertz CT molecular complexity index is 2480. The fourth-order valence-electron chi connectivity index (χ4n) is 12.7. The molecule has 3 aromatic rings. The predicted molar refractivity (Wildman–Crippen MR) is 260 cm³/mol. The van der Waals surface area contributed by atoms with Crippen LogP contribution in [0.25, 0.3) is 0 Å². The number of likely N-dealkylation sites (tertiary alicyclic amines) is 3. The van der Waals surface area contributed by atoms with E-state index in [0.717, 1.165) is 48.2 Å². The van der Waals surface area contributed by atoms with Crippen LogP contribution in [0.2, 0.25) is 0 Å². The highest BCUT2D eigenvalue weighted by atomic mass is 16.5. The second kappa shape index (κ2) is 18.8. The molecule has 14 atom stereocenters. The van der Waals surface area contributed by atoms with Crippen molar-refractivity contribution in [3.63, 3.8) is 0 Å². The molecule has 70 heavy (non-hydrogen) atoms. The van der Waals surface area contributed by atoms with Crippen molar-refractivity contribution in [1.82, 2.24) is 25.3 Å². The fraction of sp³-hybridized carbons (Fsp3) is 0.509. The first-order valence-electron chi connectivity index (χ1n) is 24.4. The molecule has 2 N–H and O–H groups in total. The summed E-state index contributed by atoms with van der Waals surface area (Å²) in [5.74, 6) is -1.31. The normalized spacial score (nSPS) is 37.5. The van der Waals surface area contributed by atoms with Gasteiger partial charge in [0.05, 0.1) is 66.7 Å². The van der Waals surface area contributed by atoms with Crippen LogP contribution in [-0.4, -0.2) is 123 Å². The number of allylic oxidation sites excluding steroid dienone is 1. The molecule has 0 aromatic heterocycles. The van der Waals surface area contributed by atoms with Crippen molar-refractivity contribution in [3.8, 4) is 0 Å². The molecule has 0 spiro atoms. The van der Waals surface area contributed by atoms with Crippen molar-refractivity contribution >= 4 is 41.7 Å². The quantitative estimate of drug-likeness (QED) is 0.318. The Morgan fingerprint density at radius 3 is 1.29 bits per heavy atom. The van der Waals surface area contributed by atoms with Gasteiger partial charge in [0.25, 0.3) is 17.7 Å². The van der Waals surface area contributed by atoms with E-state index in [1.165, 1.54) is 14.7 Å². The maximum absolute atomic E-state index is 12.9. The molecule has 3 aromatic carbocycles. The molecule has 9 aliphatic heterocycles. The molecular formula is C55H66N6O9. The largest absolute Gasteiger partial charge is 0.360 e. The Labute approximate surface area is 410 Å². The Morgan fingerprint density at radius 1 is 0.543 bits per heavy atom. The van der Waals surface area contributed by atoms with Crippen LogP contribution in [-0.2, 0) is 62.6 Å². The van der Waals surface area contributed by atoms with E-state index in [9.17, 15) is 28.8 Å². The minimum absolute atomic E-state index is 0. The molecule has 0 saturated carbocycles. The molecule has 0 aliphatic carbocycles. The van der Waals surface area contributed by atoms with Gasteiger partial charge in [0.1, 0.15) is 5.60 Å². The first-order chi connectivity index (χ1) is 33.0. The maximum Gasteiger partial charge on any atom is 0.259 e. The molecule has 9 heterocycles. The number of nitrogens with zero attached hydrogens (tertiary/aromatic N) is 4. The number of hydrogen-bond acceptors (Lipinski definition) is 12. The van der Waals surface area contributed by atoms with Crippen LogP contribution in [0.5, 0.6) is 0 Å². The number of carbonyl (C=O) groups excluding carboxylic acids is 6. The molecular weight excluding hydrogens is 889 g/mol. The Balaban J connectivity index is 0.000000129. The molecule has 6 amide bonds. The number of rotatable bonds is 6. The minimum atomic E-state index is -0.722. The lowest BCUT2D eigenvalue weighted by Gasteiger charge is -2.40. The lowest BCUT2D eigenvalue weighted by atomic mass is 9.78. The number of aliphatic imine (C=N–C) groups is 1. The molecule has 8 fully saturated rings. The minimum Gasteiger partial charge on any atom is -0.360 e. The van der Waals surface area contributed by atoms with E-state index in [1.807, 2.05) is 125 Å². The number of benzene rings is 3. The summed E-state index contributed by atoms with van der Waals surface area (Å²) in [6.45, 7) is 14.9. The van der Waals surface area contributed by atoms with Gasteiger partial charge < -0.3 is 24.8 Å². The Kier molecular flexibility index (Phi) is 13.2. The van der Waals surface area contributed by atoms with Crippen molar-refractivity contribution < 1.29 is 43.0 Å². The zero-order valence-corrected chi connectivity index (χ0v) is 40.1. The summed E-state index contributed by atoms with van der Waals surface area (Å²) in [6, 6.07) is 28.3. The van der Waals surface area contributed by atoms with Crippen molar-refractivity contribution in [2.45, 2.75) is 135 Å².